The van der Waals surface area contributed by atoms with Crippen LogP contribution in [0.15, 0.2) is 40.9 Å². The Morgan fingerprint density at radius 1 is 1.14 bits per heavy atom. The lowest BCUT2D eigenvalue weighted by molar-refractivity contribution is 0.102. The van der Waals surface area contributed by atoms with Gasteiger partial charge in [0.05, 0.1) is 0 Å². The van der Waals surface area contributed by atoms with Gasteiger partial charge in [-0.25, -0.2) is 0 Å². The van der Waals surface area contributed by atoms with Gasteiger partial charge in [-0.15, -0.1) is 0 Å². The number of amides is 1. The normalized spacial score (nSPS) is 10.8. The van der Waals surface area contributed by atoms with Crippen molar-refractivity contribution < 1.29 is 4.79 Å². The summed E-state index contributed by atoms with van der Waals surface area (Å²) >= 11 is 3.44. The van der Waals surface area contributed by atoms with E-state index < -0.39 is 0 Å². The largest absolute Gasteiger partial charge is 0.305 e. The van der Waals surface area contributed by atoms with Crippen molar-refractivity contribution in [3.05, 3.63) is 57.7 Å². The molecular formula is C16H14BrN3O. The fraction of sp³-hybridized carbons (Fsp3) is 0.125. The van der Waals surface area contributed by atoms with E-state index >= 15 is 0 Å². The molecule has 4 nitrogen and oxygen atoms in total. The Morgan fingerprint density at radius 2 is 1.86 bits per heavy atom. The molecular weight excluding hydrogens is 330 g/mol. The minimum Gasteiger partial charge on any atom is -0.305 e. The number of anilines is 1. The molecule has 1 amide bonds. The number of aryl methyl sites for hydroxylation is 1. The molecule has 0 saturated heterocycles. The molecule has 0 radical (unpaired) electrons. The highest BCUT2D eigenvalue weighted by Crippen LogP contribution is 2.22. The quantitative estimate of drug-likeness (QED) is 0.732. The maximum Gasteiger partial charge on any atom is 0.256 e. The lowest BCUT2D eigenvalue weighted by Gasteiger charge is -2.05. The molecule has 1 aromatic heterocycles. The first-order chi connectivity index (χ1) is 10.0. The first kappa shape index (κ1) is 13.8. The summed E-state index contributed by atoms with van der Waals surface area (Å²) in [6.45, 7) is 3.85. The molecule has 0 unspecified atom stereocenters. The van der Waals surface area contributed by atoms with Gasteiger partial charge in [-0.05, 0) is 48.9 Å². The number of carbonyl (C=O) groups is 1. The number of aromatic amines is 1. The SMILES string of the molecule is Cc1[nH]nc(NC(=O)c2ccc3cc(Br)ccc3c2)c1C. The topological polar surface area (TPSA) is 57.8 Å². The predicted molar refractivity (Wildman–Crippen MR) is 87.7 cm³/mol. The van der Waals surface area contributed by atoms with Crippen molar-refractivity contribution >= 4 is 38.4 Å². The van der Waals surface area contributed by atoms with Crippen LogP contribution in [0.3, 0.4) is 0 Å². The molecule has 0 spiro atoms. The Kier molecular flexibility index (Phi) is 3.51. The van der Waals surface area contributed by atoms with Crippen LogP contribution < -0.4 is 5.32 Å². The number of halogens is 1. The fourth-order valence-corrected chi connectivity index (χ4v) is 2.52. The van der Waals surface area contributed by atoms with Gasteiger partial charge in [0.15, 0.2) is 5.82 Å². The number of benzene rings is 2. The van der Waals surface area contributed by atoms with Crippen molar-refractivity contribution in [2.45, 2.75) is 13.8 Å². The molecule has 3 aromatic rings. The van der Waals surface area contributed by atoms with Gasteiger partial charge in [-0.1, -0.05) is 28.1 Å². The molecule has 21 heavy (non-hydrogen) atoms. The lowest BCUT2D eigenvalue weighted by Crippen LogP contribution is -2.12. The fourth-order valence-electron chi connectivity index (χ4n) is 2.14. The highest BCUT2D eigenvalue weighted by Gasteiger charge is 2.11. The highest BCUT2D eigenvalue weighted by molar-refractivity contribution is 9.10. The van der Waals surface area contributed by atoms with Crippen LogP contribution in [0.2, 0.25) is 0 Å². The van der Waals surface area contributed by atoms with Gasteiger partial charge in [-0.3, -0.25) is 9.89 Å². The second-order valence-electron chi connectivity index (χ2n) is 4.98. The zero-order valence-electron chi connectivity index (χ0n) is 11.7. The molecule has 0 aliphatic heterocycles. The summed E-state index contributed by atoms with van der Waals surface area (Å²) in [5.41, 5.74) is 2.52. The van der Waals surface area contributed by atoms with Gasteiger partial charge < -0.3 is 5.32 Å². The average Bonchev–Trinajstić information content (AvgIpc) is 2.78. The van der Waals surface area contributed by atoms with Crippen molar-refractivity contribution in [1.82, 2.24) is 10.2 Å². The summed E-state index contributed by atoms with van der Waals surface area (Å²) in [7, 11) is 0. The summed E-state index contributed by atoms with van der Waals surface area (Å²) in [4.78, 5) is 12.3. The molecule has 0 bridgehead atoms. The highest BCUT2D eigenvalue weighted by atomic mass is 79.9. The summed E-state index contributed by atoms with van der Waals surface area (Å²) < 4.78 is 1.02. The van der Waals surface area contributed by atoms with E-state index in [1.165, 1.54) is 0 Å². The van der Waals surface area contributed by atoms with Gasteiger partial charge in [0.25, 0.3) is 5.91 Å². The monoisotopic (exact) mass is 343 g/mol. The Labute approximate surface area is 130 Å². The zero-order chi connectivity index (χ0) is 15.0. The maximum absolute atomic E-state index is 12.3. The molecule has 106 valence electrons. The van der Waals surface area contributed by atoms with E-state index in [-0.39, 0.29) is 5.91 Å². The van der Waals surface area contributed by atoms with Crippen molar-refractivity contribution in [3.63, 3.8) is 0 Å². The molecule has 0 atom stereocenters. The molecule has 1 heterocycles. The van der Waals surface area contributed by atoms with Crippen LogP contribution in [0, 0.1) is 13.8 Å². The Bertz CT molecular complexity index is 839. The van der Waals surface area contributed by atoms with Gasteiger partial charge >= 0.3 is 0 Å². The van der Waals surface area contributed by atoms with E-state index in [2.05, 4.69) is 31.4 Å². The first-order valence-electron chi connectivity index (χ1n) is 6.57. The van der Waals surface area contributed by atoms with Crippen molar-refractivity contribution in [2.75, 3.05) is 5.32 Å². The maximum atomic E-state index is 12.3. The standard InChI is InChI=1S/C16H14BrN3O/c1-9-10(2)19-20-15(9)18-16(21)13-4-3-12-8-14(17)6-5-11(12)7-13/h3-8H,1-2H3,(H2,18,19,20,21). The minimum atomic E-state index is -0.158. The number of hydrogen-bond acceptors (Lipinski definition) is 2. The minimum absolute atomic E-state index is 0.158. The third-order valence-corrected chi connectivity index (χ3v) is 4.04. The number of carbonyl (C=O) groups excluding carboxylic acids is 1. The molecule has 2 aromatic carbocycles. The van der Waals surface area contributed by atoms with Gasteiger partial charge in [-0.2, -0.15) is 5.10 Å². The average molecular weight is 344 g/mol. The molecule has 0 saturated carbocycles. The first-order valence-corrected chi connectivity index (χ1v) is 7.36. The van der Waals surface area contributed by atoms with Crippen molar-refractivity contribution in [2.24, 2.45) is 0 Å². The summed E-state index contributed by atoms with van der Waals surface area (Å²) in [6.07, 6.45) is 0. The summed E-state index contributed by atoms with van der Waals surface area (Å²) in [5.74, 6) is 0.419. The van der Waals surface area contributed by atoms with Crippen LogP contribution >= 0.6 is 15.9 Å². The number of fused-ring (bicyclic) bond motifs is 1. The van der Waals surface area contributed by atoms with E-state index in [4.69, 9.17) is 0 Å². The van der Waals surface area contributed by atoms with Gasteiger partial charge in [0.1, 0.15) is 0 Å². The Balaban J connectivity index is 1.91. The molecule has 3 rings (SSSR count). The Hall–Kier alpha value is -2.14. The smallest absolute Gasteiger partial charge is 0.256 e. The van der Waals surface area contributed by atoms with Crippen LogP contribution in [0.25, 0.3) is 10.8 Å². The van der Waals surface area contributed by atoms with E-state index in [0.29, 0.717) is 11.4 Å². The number of rotatable bonds is 2. The third kappa shape index (κ3) is 2.69. The summed E-state index contributed by atoms with van der Waals surface area (Å²) in [5, 5.41) is 11.9. The van der Waals surface area contributed by atoms with Crippen molar-refractivity contribution in [1.29, 1.82) is 0 Å². The van der Waals surface area contributed by atoms with Gasteiger partial charge in [0.2, 0.25) is 0 Å². The molecule has 5 heteroatoms. The van der Waals surface area contributed by atoms with Crippen LogP contribution in [0.1, 0.15) is 21.6 Å². The number of hydrogen-bond donors (Lipinski definition) is 2. The Morgan fingerprint density at radius 3 is 2.57 bits per heavy atom. The van der Waals surface area contributed by atoms with E-state index in [1.807, 2.05) is 50.2 Å². The van der Waals surface area contributed by atoms with Crippen LogP contribution in [-0.2, 0) is 0 Å². The third-order valence-electron chi connectivity index (χ3n) is 3.55. The predicted octanol–water partition coefficient (Wildman–Crippen LogP) is 4.19. The van der Waals surface area contributed by atoms with Crippen LogP contribution in [0.4, 0.5) is 5.82 Å². The van der Waals surface area contributed by atoms with E-state index in [9.17, 15) is 4.79 Å². The van der Waals surface area contributed by atoms with E-state index in [1.54, 1.807) is 0 Å². The summed E-state index contributed by atoms with van der Waals surface area (Å²) in [6, 6.07) is 11.6. The molecule has 0 aliphatic rings. The second kappa shape index (κ2) is 5.33. The molecule has 2 N–H and O–H groups in total. The van der Waals surface area contributed by atoms with Crippen LogP contribution in [-0.4, -0.2) is 16.1 Å². The van der Waals surface area contributed by atoms with Crippen molar-refractivity contribution in [3.8, 4) is 0 Å². The number of H-pyrrole nitrogens is 1. The van der Waals surface area contributed by atoms with E-state index in [0.717, 1.165) is 26.5 Å². The van der Waals surface area contributed by atoms with Gasteiger partial charge in [0, 0.05) is 21.3 Å². The molecule has 0 aliphatic carbocycles. The number of aromatic nitrogens is 2. The lowest BCUT2D eigenvalue weighted by atomic mass is 10.1. The molecule has 0 fully saturated rings. The zero-order valence-corrected chi connectivity index (χ0v) is 13.3. The number of nitrogens with zero attached hydrogens (tertiary/aromatic N) is 1. The van der Waals surface area contributed by atoms with Crippen LogP contribution in [0.5, 0.6) is 0 Å². The second-order valence-corrected chi connectivity index (χ2v) is 5.90. The number of nitrogens with one attached hydrogen (secondary N) is 2.